The van der Waals surface area contributed by atoms with Gasteiger partial charge in [-0.1, -0.05) is 0 Å². The van der Waals surface area contributed by atoms with Crippen molar-refractivity contribution >= 4 is 46.4 Å². The minimum Gasteiger partial charge on any atom is -0.355 e. The molecule has 4 heteroatoms. The molecule has 0 radical (unpaired) electrons. The summed E-state index contributed by atoms with van der Waals surface area (Å²) in [5.74, 6) is 0. The number of rotatable bonds is 0. The van der Waals surface area contributed by atoms with Gasteiger partial charge in [-0.3, -0.25) is 0 Å². The van der Waals surface area contributed by atoms with Gasteiger partial charge in [0.25, 0.3) is 0 Å². The van der Waals surface area contributed by atoms with Gasteiger partial charge in [-0.05, 0) is 72.8 Å². The van der Waals surface area contributed by atoms with Crippen LogP contribution in [0.25, 0.3) is 46.4 Å². The molecule has 5 heterocycles. The van der Waals surface area contributed by atoms with Crippen LogP contribution >= 0.6 is 0 Å². The molecule has 0 aliphatic carbocycles. The fourth-order valence-corrected chi connectivity index (χ4v) is 2.87. The van der Waals surface area contributed by atoms with Gasteiger partial charge >= 0.3 is 0 Å². The second kappa shape index (κ2) is 5.06. The highest BCUT2D eigenvalue weighted by Crippen LogP contribution is 2.16. The Morgan fingerprint density at radius 3 is 1.58 bits per heavy atom. The van der Waals surface area contributed by atoms with Gasteiger partial charge in [0.1, 0.15) is 0 Å². The van der Waals surface area contributed by atoms with Crippen LogP contribution in [0.4, 0.5) is 0 Å². The van der Waals surface area contributed by atoms with Crippen LogP contribution in [-0.2, 0) is 0 Å². The highest BCUT2D eigenvalue weighted by Gasteiger charge is 2.00. The van der Waals surface area contributed by atoms with E-state index in [4.69, 9.17) is 1.37 Å². The summed E-state index contributed by atoms with van der Waals surface area (Å²) in [6, 6.07) is 14.2. The first-order chi connectivity index (χ1) is 12.2. The summed E-state index contributed by atoms with van der Waals surface area (Å²) in [5, 5.41) is 0. The Bertz CT molecular complexity index is 1210. The minimum absolute atomic E-state index is 0.378. The fraction of sp³-hybridized carbons (Fsp3) is 0. The topological polar surface area (TPSA) is 57.4 Å². The van der Waals surface area contributed by atoms with Crippen molar-refractivity contribution in [2.75, 3.05) is 0 Å². The summed E-state index contributed by atoms with van der Waals surface area (Å²) in [6.07, 6.45) is 7.77. The number of nitrogens with one attached hydrogen (secondary N) is 2. The summed E-state index contributed by atoms with van der Waals surface area (Å²) in [4.78, 5) is 15.8. The maximum absolute atomic E-state index is 8.39. The summed E-state index contributed by atoms with van der Waals surface area (Å²) >= 11 is 0. The number of hydrogen-bond donors (Lipinski definition) is 2. The highest BCUT2D eigenvalue weighted by atomic mass is 14.8. The molecule has 0 fully saturated rings. The minimum atomic E-state index is 0.378. The van der Waals surface area contributed by atoms with Crippen LogP contribution in [0.1, 0.15) is 24.1 Å². The van der Waals surface area contributed by atoms with E-state index in [0.717, 1.165) is 39.1 Å². The molecule has 3 aromatic rings. The average molecular weight is 311 g/mol. The number of fused-ring (bicyclic) bond motifs is 8. The van der Waals surface area contributed by atoms with Gasteiger partial charge in [0.15, 0.2) is 0 Å². The zero-order valence-electron chi connectivity index (χ0n) is 13.7. The molecular weight excluding hydrogens is 296 g/mol. The third-order valence-electron chi connectivity index (χ3n) is 3.96. The van der Waals surface area contributed by atoms with Crippen molar-refractivity contribution in [1.29, 1.82) is 0 Å². The molecule has 0 amide bonds. The molecule has 2 N–H and O–H groups in total. The maximum Gasteiger partial charge on any atom is 0.0668 e. The van der Waals surface area contributed by atoms with Crippen LogP contribution in [0.3, 0.4) is 0 Å². The molecule has 24 heavy (non-hydrogen) atoms. The zero-order valence-corrected chi connectivity index (χ0v) is 12.7. The molecule has 2 aliphatic rings. The lowest BCUT2D eigenvalue weighted by atomic mass is 10.3. The van der Waals surface area contributed by atoms with Crippen LogP contribution in [-0.4, -0.2) is 19.9 Å². The van der Waals surface area contributed by atoms with E-state index in [9.17, 15) is 0 Å². The number of aromatic nitrogens is 4. The lowest BCUT2D eigenvalue weighted by Crippen LogP contribution is -1.75. The first-order valence-corrected chi connectivity index (χ1v) is 7.77. The Balaban J connectivity index is 1.88. The van der Waals surface area contributed by atoms with Gasteiger partial charge in [-0.15, -0.1) is 0 Å². The Hall–Kier alpha value is -3.40. The number of H-pyrrole nitrogens is 2. The molecule has 4 nitrogen and oxygen atoms in total. The molecule has 5 rings (SSSR count). The van der Waals surface area contributed by atoms with E-state index in [1.54, 1.807) is 0 Å². The summed E-state index contributed by atoms with van der Waals surface area (Å²) in [7, 11) is 0. The maximum atomic E-state index is 8.39. The van der Waals surface area contributed by atoms with Crippen molar-refractivity contribution in [3.8, 4) is 0 Å². The van der Waals surface area contributed by atoms with Crippen molar-refractivity contribution in [3.05, 3.63) is 71.3 Å². The van der Waals surface area contributed by atoms with Gasteiger partial charge in [0.2, 0.25) is 0 Å². The van der Waals surface area contributed by atoms with E-state index in [1.165, 1.54) is 0 Å². The Morgan fingerprint density at radius 2 is 1.00 bits per heavy atom. The first-order valence-electron chi connectivity index (χ1n) is 8.27. The van der Waals surface area contributed by atoms with Gasteiger partial charge in [0, 0.05) is 22.1 Å². The van der Waals surface area contributed by atoms with Gasteiger partial charge < -0.3 is 9.97 Å². The smallest absolute Gasteiger partial charge is 0.0668 e. The predicted octanol–water partition coefficient (Wildman–Crippen LogP) is 4.66. The van der Waals surface area contributed by atoms with Gasteiger partial charge in [-0.2, -0.15) is 0 Å². The normalized spacial score (nSPS) is 13.2. The van der Waals surface area contributed by atoms with Crippen LogP contribution in [0.2, 0.25) is 0 Å². The van der Waals surface area contributed by atoms with E-state index in [1.807, 2.05) is 66.8 Å². The molecule has 3 aromatic heterocycles. The third-order valence-corrected chi connectivity index (χ3v) is 3.96. The molecule has 114 valence electrons. The van der Waals surface area contributed by atoms with Crippen molar-refractivity contribution < 1.29 is 1.37 Å². The molecule has 0 saturated heterocycles. The lowest BCUT2D eigenvalue weighted by molar-refractivity contribution is 1.31. The standard InChI is InChI=1S/C20H14N4/c1-2-14-10-16-5-6-18(23-16)12-20-8-7-19(24-20)11-17-4-3-15(22-17)9-13(1)21-14/h1-12,21,24H/i9D. The van der Waals surface area contributed by atoms with E-state index >= 15 is 0 Å². The third kappa shape index (κ3) is 2.44. The molecule has 8 bridgehead atoms. The van der Waals surface area contributed by atoms with E-state index < -0.39 is 0 Å². The molecule has 2 aliphatic heterocycles. The monoisotopic (exact) mass is 311 g/mol. The van der Waals surface area contributed by atoms with E-state index in [-0.39, 0.29) is 0 Å². The van der Waals surface area contributed by atoms with Crippen molar-refractivity contribution in [2.24, 2.45) is 0 Å². The summed E-state index contributed by atoms with van der Waals surface area (Å²) in [5.41, 5.74) is 6.87. The number of nitrogens with zero attached hydrogens (tertiary/aromatic N) is 2. The lowest BCUT2D eigenvalue weighted by Gasteiger charge is -1.85. The van der Waals surface area contributed by atoms with Crippen LogP contribution in [0, 0.1) is 0 Å². The molecular formula is C20H14N4. The number of hydrogen-bond acceptors (Lipinski definition) is 2. The van der Waals surface area contributed by atoms with E-state index in [2.05, 4.69) is 19.9 Å². The largest absolute Gasteiger partial charge is 0.355 e. The summed E-state index contributed by atoms with van der Waals surface area (Å²) in [6.45, 7) is 0. The van der Waals surface area contributed by atoms with Crippen molar-refractivity contribution in [1.82, 2.24) is 19.9 Å². The molecule has 0 unspecified atom stereocenters. The van der Waals surface area contributed by atoms with Gasteiger partial charge in [0.05, 0.1) is 24.1 Å². The molecule has 0 spiro atoms. The van der Waals surface area contributed by atoms with Crippen LogP contribution in [0.15, 0.2) is 48.5 Å². The second-order valence-corrected chi connectivity index (χ2v) is 5.80. The van der Waals surface area contributed by atoms with Gasteiger partial charge in [-0.25, -0.2) is 9.97 Å². The van der Waals surface area contributed by atoms with Crippen molar-refractivity contribution in [2.45, 2.75) is 0 Å². The summed E-state index contributed by atoms with van der Waals surface area (Å²) < 4.78 is 8.39. The van der Waals surface area contributed by atoms with E-state index in [0.29, 0.717) is 11.7 Å². The quantitative estimate of drug-likeness (QED) is 0.437. The van der Waals surface area contributed by atoms with Crippen molar-refractivity contribution in [3.63, 3.8) is 0 Å². The predicted molar refractivity (Wildman–Crippen MR) is 98.9 cm³/mol. The van der Waals surface area contributed by atoms with Crippen LogP contribution in [0.5, 0.6) is 0 Å². The fourth-order valence-electron chi connectivity index (χ4n) is 2.87. The Morgan fingerprint density at radius 1 is 0.583 bits per heavy atom. The Labute approximate surface area is 139 Å². The molecule has 0 aromatic carbocycles. The first kappa shape index (κ1) is 12.1. The Kier molecular flexibility index (Phi) is 2.55. The highest BCUT2D eigenvalue weighted by molar-refractivity contribution is 5.77. The van der Waals surface area contributed by atoms with Crippen LogP contribution < -0.4 is 0 Å². The zero-order chi connectivity index (χ0) is 16.8. The SMILES string of the molecule is [2H]c1c2nc(cc3ccc(cc4nc(cc5ccc1[nH]5)C=C4)[nH]3)C=C2. The molecule has 0 atom stereocenters. The molecule has 0 saturated carbocycles. The number of aromatic amines is 2. The second-order valence-electron chi connectivity index (χ2n) is 5.80. The average Bonchev–Trinajstić information content (AvgIpc) is 3.36.